The largest absolute Gasteiger partial charge is 0.384 e. The van der Waals surface area contributed by atoms with Crippen LogP contribution in [-0.2, 0) is 0 Å². The van der Waals surface area contributed by atoms with Crippen LogP contribution in [0.5, 0.6) is 0 Å². The Balaban J connectivity index is 2.79. The summed E-state index contributed by atoms with van der Waals surface area (Å²) in [6.07, 6.45) is 1.11. The monoisotopic (exact) mass is 265 g/mol. The molecule has 0 aliphatic heterocycles. The lowest BCUT2D eigenvalue weighted by molar-refractivity contribution is 0.400. The van der Waals surface area contributed by atoms with Crippen LogP contribution < -0.4 is 10.6 Å². The van der Waals surface area contributed by atoms with Crippen molar-refractivity contribution in [2.75, 3.05) is 44.4 Å². The number of anilines is 2. The fraction of sp³-hybridized carbons (Fsp3) is 0.714. The molecule has 0 aliphatic carbocycles. The minimum Gasteiger partial charge on any atom is -0.384 e. The van der Waals surface area contributed by atoms with E-state index in [0.717, 1.165) is 37.7 Å². The van der Waals surface area contributed by atoms with E-state index >= 15 is 0 Å². The summed E-state index contributed by atoms with van der Waals surface area (Å²) in [6.45, 7) is 9.31. The highest BCUT2D eigenvalue weighted by atomic mass is 15.2. The lowest BCUT2D eigenvalue weighted by atomic mass is 10.2. The van der Waals surface area contributed by atoms with Crippen LogP contribution in [-0.4, -0.2) is 48.6 Å². The average Bonchev–Trinajstić information content (AvgIpc) is 2.33. The van der Waals surface area contributed by atoms with Crippen LogP contribution in [0.25, 0.3) is 0 Å². The van der Waals surface area contributed by atoms with Gasteiger partial charge >= 0.3 is 0 Å². The number of nitrogens with two attached hydrogens (primary N) is 1. The van der Waals surface area contributed by atoms with E-state index in [1.165, 1.54) is 0 Å². The van der Waals surface area contributed by atoms with E-state index < -0.39 is 0 Å². The van der Waals surface area contributed by atoms with Crippen LogP contribution in [0.15, 0.2) is 6.07 Å². The third-order valence-electron chi connectivity index (χ3n) is 3.01. The second-order valence-corrected chi connectivity index (χ2v) is 5.40. The average molecular weight is 265 g/mol. The van der Waals surface area contributed by atoms with Crippen molar-refractivity contribution >= 4 is 11.6 Å². The van der Waals surface area contributed by atoms with Crippen LogP contribution >= 0.6 is 0 Å². The van der Waals surface area contributed by atoms with Crippen molar-refractivity contribution in [1.82, 2.24) is 14.9 Å². The number of nitrogens with zero attached hydrogens (tertiary/aromatic N) is 4. The standard InChI is InChI=1S/C14H27N5/c1-6-19(9-7-8-18(4)5)13-10-12(15)16-14(17-13)11(2)3/h10-11H,6-9H2,1-5H3,(H2,15,16,17). The third-order valence-corrected chi connectivity index (χ3v) is 3.01. The topological polar surface area (TPSA) is 58.3 Å². The molecule has 0 radical (unpaired) electrons. The first-order valence-electron chi connectivity index (χ1n) is 6.98. The van der Waals surface area contributed by atoms with Gasteiger partial charge in [-0.15, -0.1) is 0 Å². The lowest BCUT2D eigenvalue weighted by Crippen LogP contribution is -2.28. The van der Waals surface area contributed by atoms with Gasteiger partial charge < -0.3 is 15.5 Å². The summed E-state index contributed by atoms with van der Waals surface area (Å²) in [5.74, 6) is 2.61. The Labute approximate surface area is 116 Å². The van der Waals surface area contributed by atoms with Crippen molar-refractivity contribution in [3.8, 4) is 0 Å². The van der Waals surface area contributed by atoms with E-state index in [2.05, 4.69) is 54.6 Å². The lowest BCUT2D eigenvalue weighted by Gasteiger charge is -2.23. The van der Waals surface area contributed by atoms with Crippen molar-refractivity contribution in [1.29, 1.82) is 0 Å². The summed E-state index contributed by atoms with van der Waals surface area (Å²) in [6, 6.07) is 1.87. The molecule has 19 heavy (non-hydrogen) atoms. The molecule has 0 unspecified atom stereocenters. The summed E-state index contributed by atoms with van der Waals surface area (Å²) >= 11 is 0. The highest BCUT2D eigenvalue weighted by Gasteiger charge is 2.11. The summed E-state index contributed by atoms with van der Waals surface area (Å²) in [5, 5.41) is 0. The first-order valence-corrected chi connectivity index (χ1v) is 6.98. The predicted molar refractivity (Wildman–Crippen MR) is 81.6 cm³/mol. The smallest absolute Gasteiger partial charge is 0.135 e. The molecule has 108 valence electrons. The van der Waals surface area contributed by atoms with Crippen LogP contribution in [0.3, 0.4) is 0 Å². The van der Waals surface area contributed by atoms with Gasteiger partial charge in [0.25, 0.3) is 0 Å². The highest BCUT2D eigenvalue weighted by Crippen LogP contribution is 2.18. The fourth-order valence-corrected chi connectivity index (χ4v) is 1.90. The van der Waals surface area contributed by atoms with Gasteiger partial charge in [0, 0.05) is 25.1 Å². The summed E-state index contributed by atoms with van der Waals surface area (Å²) in [4.78, 5) is 13.4. The minimum atomic E-state index is 0.294. The quantitative estimate of drug-likeness (QED) is 0.816. The fourth-order valence-electron chi connectivity index (χ4n) is 1.90. The summed E-state index contributed by atoms with van der Waals surface area (Å²) in [7, 11) is 4.19. The Kier molecular flexibility index (Phi) is 6.02. The summed E-state index contributed by atoms with van der Waals surface area (Å²) < 4.78 is 0. The van der Waals surface area contributed by atoms with Crippen molar-refractivity contribution in [2.45, 2.75) is 33.1 Å². The molecule has 1 heterocycles. The van der Waals surface area contributed by atoms with Gasteiger partial charge in [-0.25, -0.2) is 9.97 Å². The molecule has 1 aromatic rings. The minimum absolute atomic E-state index is 0.294. The van der Waals surface area contributed by atoms with Crippen LogP contribution in [0, 0.1) is 0 Å². The van der Waals surface area contributed by atoms with Crippen LogP contribution in [0.1, 0.15) is 38.9 Å². The van der Waals surface area contributed by atoms with Crippen molar-refractivity contribution in [3.05, 3.63) is 11.9 Å². The normalized spacial score (nSPS) is 11.3. The Bertz CT molecular complexity index is 389. The Hall–Kier alpha value is -1.36. The van der Waals surface area contributed by atoms with Gasteiger partial charge in [-0.3, -0.25) is 0 Å². The second kappa shape index (κ2) is 7.28. The molecule has 0 spiro atoms. The van der Waals surface area contributed by atoms with E-state index in [-0.39, 0.29) is 0 Å². The molecule has 1 aromatic heterocycles. The molecule has 5 heteroatoms. The first kappa shape index (κ1) is 15.7. The number of nitrogen functional groups attached to an aromatic ring is 1. The van der Waals surface area contributed by atoms with Crippen molar-refractivity contribution < 1.29 is 0 Å². The molecule has 2 N–H and O–H groups in total. The van der Waals surface area contributed by atoms with Gasteiger partial charge in [-0.05, 0) is 34.0 Å². The Morgan fingerprint density at radius 3 is 2.42 bits per heavy atom. The summed E-state index contributed by atoms with van der Waals surface area (Å²) in [5.41, 5.74) is 5.88. The molecule has 0 aromatic carbocycles. The van der Waals surface area contributed by atoms with E-state index in [0.29, 0.717) is 11.7 Å². The number of aromatic nitrogens is 2. The molecular weight excluding hydrogens is 238 g/mol. The van der Waals surface area contributed by atoms with E-state index in [1.807, 2.05) is 6.07 Å². The van der Waals surface area contributed by atoms with Gasteiger partial charge in [0.05, 0.1) is 0 Å². The first-order chi connectivity index (χ1) is 8.93. The number of hydrogen-bond acceptors (Lipinski definition) is 5. The zero-order valence-electron chi connectivity index (χ0n) is 12.8. The molecule has 0 aliphatic rings. The van der Waals surface area contributed by atoms with Crippen molar-refractivity contribution in [2.24, 2.45) is 0 Å². The van der Waals surface area contributed by atoms with E-state index in [4.69, 9.17) is 5.73 Å². The molecule has 1 rings (SSSR count). The maximum Gasteiger partial charge on any atom is 0.135 e. The van der Waals surface area contributed by atoms with Gasteiger partial charge in [0.2, 0.25) is 0 Å². The number of hydrogen-bond donors (Lipinski definition) is 1. The maximum atomic E-state index is 5.88. The van der Waals surface area contributed by atoms with Gasteiger partial charge in [0.15, 0.2) is 0 Å². The van der Waals surface area contributed by atoms with Crippen molar-refractivity contribution in [3.63, 3.8) is 0 Å². The highest BCUT2D eigenvalue weighted by molar-refractivity contribution is 5.47. The molecular formula is C14H27N5. The molecule has 0 saturated heterocycles. The van der Waals surface area contributed by atoms with Crippen LogP contribution in [0.2, 0.25) is 0 Å². The van der Waals surface area contributed by atoms with E-state index in [9.17, 15) is 0 Å². The molecule has 0 atom stereocenters. The zero-order chi connectivity index (χ0) is 14.4. The van der Waals surface area contributed by atoms with Gasteiger partial charge in [-0.2, -0.15) is 0 Å². The maximum absolute atomic E-state index is 5.88. The molecule has 0 amide bonds. The predicted octanol–water partition coefficient (Wildman–Crippen LogP) is 1.96. The Morgan fingerprint density at radius 1 is 1.21 bits per heavy atom. The second-order valence-electron chi connectivity index (χ2n) is 5.40. The molecule has 0 fully saturated rings. The Morgan fingerprint density at radius 2 is 1.89 bits per heavy atom. The molecule has 0 saturated carbocycles. The van der Waals surface area contributed by atoms with Gasteiger partial charge in [0.1, 0.15) is 17.5 Å². The van der Waals surface area contributed by atoms with Gasteiger partial charge in [-0.1, -0.05) is 13.8 Å². The van der Waals surface area contributed by atoms with E-state index in [1.54, 1.807) is 0 Å². The molecule has 5 nitrogen and oxygen atoms in total. The SMILES string of the molecule is CCN(CCCN(C)C)c1cc(N)nc(C(C)C)n1. The van der Waals surface area contributed by atoms with Crippen LogP contribution in [0.4, 0.5) is 11.6 Å². The third kappa shape index (κ3) is 5.03. The zero-order valence-corrected chi connectivity index (χ0v) is 12.8. The number of rotatable bonds is 7. The molecule has 0 bridgehead atoms.